The minimum absolute atomic E-state index is 0.173. The summed E-state index contributed by atoms with van der Waals surface area (Å²) in [5.74, 6) is 0.747. The van der Waals surface area contributed by atoms with Crippen molar-refractivity contribution < 1.29 is 4.79 Å². The molecule has 3 heteroatoms. The molecule has 1 unspecified atom stereocenters. The van der Waals surface area contributed by atoms with E-state index in [1.54, 1.807) is 4.90 Å². The lowest BCUT2D eigenvalue weighted by Crippen LogP contribution is -2.26. The number of rotatable bonds is 7. The number of carbonyl (C=O) groups excluding carboxylic acids is 1. The summed E-state index contributed by atoms with van der Waals surface area (Å²) in [5, 5.41) is 3.06. The zero-order valence-corrected chi connectivity index (χ0v) is 12.6. The molecule has 0 aliphatic heterocycles. The maximum absolute atomic E-state index is 12.0. The van der Waals surface area contributed by atoms with Gasteiger partial charge in [-0.15, -0.1) is 0 Å². The van der Waals surface area contributed by atoms with Gasteiger partial charge >= 0.3 is 0 Å². The average Bonchev–Trinajstić information content (AvgIpc) is 2.46. The molecule has 0 bridgehead atoms. The van der Waals surface area contributed by atoms with Gasteiger partial charge in [-0.2, -0.15) is 0 Å². The summed E-state index contributed by atoms with van der Waals surface area (Å²) >= 11 is 0. The van der Waals surface area contributed by atoms with Gasteiger partial charge in [-0.05, 0) is 50.0 Å². The number of hydrogen-bond donors (Lipinski definition) is 1. The second-order valence-corrected chi connectivity index (χ2v) is 5.06. The minimum atomic E-state index is 0.173. The first-order valence-corrected chi connectivity index (χ1v) is 7.11. The van der Waals surface area contributed by atoms with Crippen LogP contribution in [0.5, 0.6) is 0 Å². The average molecular weight is 262 g/mol. The number of benzene rings is 1. The number of anilines is 1. The highest BCUT2D eigenvalue weighted by Gasteiger charge is 2.11. The fourth-order valence-corrected chi connectivity index (χ4v) is 1.99. The molecule has 1 N–H and O–H groups in total. The second kappa shape index (κ2) is 7.95. The largest absolute Gasteiger partial charge is 0.320 e. The molecular formula is C16H26N2O. The van der Waals surface area contributed by atoms with Crippen molar-refractivity contribution in [3.05, 3.63) is 29.8 Å². The highest BCUT2D eigenvalue weighted by molar-refractivity contribution is 5.92. The first kappa shape index (κ1) is 15.7. The fraction of sp³-hybridized carbons (Fsp3) is 0.562. The lowest BCUT2D eigenvalue weighted by molar-refractivity contribution is -0.118. The predicted octanol–water partition coefficient (Wildman–Crippen LogP) is 3.16. The van der Waals surface area contributed by atoms with Gasteiger partial charge in [0.15, 0.2) is 0 Å². The quantitative estimate of drug-likeness (QED) is 0.766. The van der Waals surface area contributed by atoms with Crippen LogP contribution < -0.4 is 10.2 Å². The van der Waals surface area contributed by atoms with Crippen LogP contribution in [0, 0.1) is 0 Å². The Morgan fingerprint density at radius 2 is 1.95 bits per heavy atom. The summed E-state index contributed by atoms with van der Waals surface area (Å²) in [6, 6.07) is 8.33. The molecule has 0 saturated heterocycles. The van der Waals surface area contributed by atoms with E-state index in [9.17, 15) is 4.79 Å². The first-order valence-electron chi connectivity index (χ1n) is 7.11. The van der Waals surface area contributed by atoms with Crippen molar-refractivity contribution in [2.24, 2.45) is 0 Å². The zero-order chi connectivity index (χ0) is 14.3. The van der Waals surface area contributed by atoms with Gasteiger partial charge in [0.05, 0.1) is 0 Å². The molecule has 0 fully saturated rings. The van der Waals surface area contributed by atoms with Crippen LogP contribution in [0.15, 0.2) is 24.3 Å². The SMILES string of the molecule is CCC(C)c1ccc(N(C)C(=O)CCCNC)cc1. The molecule has 0 aliphatic rings. The van der Waals surface area contributed by atoms with Crippen molar-refractivity contribution in [3.63, 3.8) is 0 Å². The van der Waals surface area contributed by atoms with Crippen molar-refractivity contribution in [2.45, 2.75) is 39.0 Å². The normalized spacial score (nSPS) is 12.2. The van der Waals surface area contributed by atoms with Crippen LogP contribution >= 0.6 is 0 Å². The van der Waals surface area contributed by atoms with Crippen LogP contribution in [0.4, 0.5) is 5.69 Å². The van der Waals surface area contributed by atoms with E-state index < -0.39 is 0 Å². The summed E-state index contributed by atoms with van der Waals surface area (Å²) in [4.78, 5) is 13.7. The van der Waals surface area contributed by atoms with Crippen LogP contribution in [0.1, 0.15) is 44.6 Å². The Kier molecular flexibility index (Phi) is 6.57. The zero-order valence-electron chi connectivity index (χ0n) is 12.6. The molecule has 1 amide bonds. The lowest BCUT2D eigenvalue weighted by atomic mass is 9.98. The maximum Gasteiger partial charge on any atom is 0.226 e. The number of amides is 1. The van der Waals surface area contributed by atoms with Gasteiger partial charge < -0.3 is 10.2 Å². The Bertz CT molecular complexity index is 386. The molecule has 0 aliphatic carbocycles. The molecule has 0 radical (unpaired) electrons. The smallest absolute Gasteiger partial charge is 0.226 e. The molecule has 1 aromatic rings. The Morgan fingerprint density at radius 3 is 2.47 bits per heavy atom. The van der Waals surface area contributed by atoms with Crippen LogP contribution in [0.2, 0.25) is 0 Å². The van der Waals surface area contributed by atoms with Gasteiger partial charge in [0.25, 0.3) is 0 Å². The van der Waals surface area contributed by atoms with E-state index in [0.29, 0.717) is 12.3 Å². The maximum atomic E-state index is 12.0. The Hall–Kier alpha value is -1.35. The Labute approximate surface area is 117 Å². The topological polar surface area (TPSA) is 32.3 Å². The molecule has 0 spiro atoms. The van der Waals surface area contributed by atoms with Crippen molar-refractivity contribution in [1.29, 1.82) is 0 Å². The number of nitrogens with one attached hydrogen (secondary N) is 1. The minimum Gasteiger partial charge on any atom is -0.320 e. The van der Waals surface area contributed by atoms with Crippen LogP contribution in [-0.4, -0.2) is 26.5 Å². The Balaban J connectivity index is 2.61. The third-order valence-corrected chi connectivity index (χ3v) is 3.65. The monoisotopic (exact) mass is 262 g/mol. The third-order valence-electron chi connectivity index (χ3n) is 3.65. The van der Waals surface area contributed by atoms with E-state index in [1.165, 1.54) is 5.56 Å². The van der Waals surface area contributed by atoms with Gasteiger partial charge in [0.2, 0.25) is 5.91 Å². The molecular weight excluding hydrogens is 236 g/mol. The molecule has 19 heavy (non-hydrogen) atoms. The summed E-state index contributed by atoms with van der Waals surface area (Å²) in [7, 11) is 3.75. The van der Waals surface area contributed by atoms with Gasteiger partial charge in [-0.3, -0.25) is 4.79 Å². The standard InChI is InChI=1S/C16H26N2O/c1-5-13(2)14-8-10-15(11-9-14)18(4)16(19)7-6-12-17-3/h8-11,13,17H,5-7,12H2,1-4H3. The van der Waals surface area contributed by atoms with E-state index in [1.807, 2.05) is 26.2 Å². The highest BCUT2D eigenvalue weighted by atomic mass is 16.2. The molecule has 0 aromatic heterocycles. The van der Waals surface area contributed by atoms with Gasteiger partial charge in [0, 0.05) is 19.2 Å². The Morgan fingerprint density at radius 1 is 1.32 bits per heavy atom. The van der Waals surface area contributed by atoms with E-state index >= 15 is 0 Å². The predicted molar refractivity (Wildman–Crippen MR) is 81.7 cm³/mol. The molecule has 3 nitrogen and oxygen atoms in total. The van der Waals surface area contributed by atoms with Gasteiger partial charge in [0.1, 0.15) is 0 Å². The first-order chi connectivity index (χ1) is 9.10. The van der Waals surface area contributed by atoms with Crippen molar-refractivity contribution in [2.75, 3.05) is 25.5 Å². The lowest BCUT2D eigenvalue weighted by Gasteiger charge is -2.18. The molecule has 1 atom stereocenters. The fourth-order valence-electron chi connectivity index (χ4n) is 1.99. The van der Waals surface area contributed by atoms with Crippen molar-refractivity contribution in [1.82, 2.24) is 5.32 Å². The van der Waals surface area contributed by atoms with Crippen molar-refractivity contribution in [3.8, 4) is 0 Å². The number of nitrogens with zero attached hydrogens (tertiary/aromatic N) is 1. The highest BCUT2D eigenvalue weighted by Crippen LogP contribution is 2.22. The molecule has 0 heterocycles. The van der Waals surface area contributed by atoms with E-state index in [4.69, 9.17) is 0 Å². The van der Waals surface area contributed by atoms with E-state index in [2.05, 4.69) is 31.3 Å². The van der Waals surface area contributed by atoms with Crippen LogP contribution in [-0.2, 0) is 4.79 Å². The van der Waals surface area contributed by atoms with Crippen molar-refractivity contribution >= 4 is 11.6 Å². The molecule has 1 aromatic carbocycles. The van der Waals surface area contributed by atoms with Crippen LogP contribution in [0.25, 0.3) is 0 Å². The van der Waals surface area contributed by atoms with Gasteiger partial charge in [-0.1, -0.05) is 26.0 Å². The number of hydrogen-bond acceptors (Lipinski definition) is 2. The van der Waals surface area contributed by atoms with Crippen LogP contribution in [0.3, 0.4) is 0 Å². The number of carbonyl (C=O) groups is 1. The van der Waals surface area contributed by atoms with Gasteiger partial charge in [-0.25, -0.2) is 0 Å². The summed E-state index contributed by atoms with van der Waals surface area (Å²) in [6.07, 6.45) is 2.60. The second-order valence-electron chi connectivity index (χ2n) is 5.06. The summed E-state index contributed by atoms with van der Waals surface area (Å²) in [5.41, 5.74) is 2.31. The third kappa shape index (κ3) is 4.67. The summed E-state index contributed by atoms with van der Waals surface area (Å²) < 4.78 is 0. The molecule has 106 valence electrons. The van der Waals surface area contributed by atoms with E-state index in [0.717, 1.165) is 25.1 Å². The molecule has 0 saturated carbocycles. The molecule has 1 rings (SSSR count). The summed E-state index contributed by atoms with van der Waals surface area (Å²) in [6.45, 7) is 5.30. The van der Waals surface area contributed by atoms with E-state index in [-0.39, 0.29) is 5.91 Å².